The van der Waals surface area contributed by atoms with E-state index in [1.807, 2.05) is 37.3 Å². The first-order valence-electron chi connectivity index (χ1n) is 9.32. The summed E-state index contributed by atoms with van der Waals surface area (Å²) < 4.78 is 5.38. The van der Waals surface area contributed by atoms with Gasteiger partial charge < -0.3 is 9.84 Å². The first kappa shape index (κ1) is 18.5. The lowest BCUT2D eigenvalue weighted by Crippen LogP contribution is -2.14. The number of non-ortho nitro benzene ring substituents is 1. The number of aromatic nitrogens is 3. The normalized spacial score (nSPS) is 12.0. The van der Waals surface area contributed by atoms with Crippen LogP contribution in [0.2, 0.25) is 0 Å². The van der Waals surface area contributed by atoms with Crippen LogP contribution in [0.5, 0.6) is 0 Å². The molecule has 0 fully saturated rings. The SMILES string of the molecule is CCCc1nc(C(Nc2ccc([N+](=O)[O-])c3cnccc23)c2ccccc2)no1. The van der Waals surface area contributed by atoms with E-state index in [-0.39, 0.29) is 11.7 Å². The highest BCUT2D eigenvalue weighted by molar-refractivity contribution is 5.99. The summed E-state index contributed by atoms with van der Waals surface area (Å²) in [5.41, 5.74) is 1.69. The largest absolute Gasteiger partial charge is 0.371 e. The number of hydrogen-bond donors (Lipinski definition) is 1. The summed E-state index contributed by atoms with van der Waals surface area (Å²) >= 11 is 0. The molecule has 0 spiro atoms. The smallest absolute Gasteiger partial charge is 0.278 e. The van der Waals surface area contributed by atoms with Gasteiger partial charge in [-0.05, 0) is 24.1 Å². The van der Waals surface area contributed by atoms with Gasteiger partial charge in [-0.2, -0.15) is 4.98 Å². The van der Waals surface area contributed by atoms with Gasteiger partial charge in [-0.15, -0.1) is 0 Å². The molecule has 0 radical (unpaired) electrons. The summed E-state index contributed by atoms with van der Waals surface area (Å²) in [5.74, 6) is 1.10. The Balaban J connectivity index is 1.79. The second kappa shape index (κ2) is 8.05. The van der Waals surface area contributed by atoms with Crippen LogP contribution in [-0.4, -0.2) is 20.0 Å². The summed E-state index contributed by atoms with van der Waals surface area (Å²) in [7, 11) is 0. The van der Waals surface area contributed by atoms with Gasteiger partial charge >= 0.3 is 0 Å². The zero-order chi connectivity index (χ0) is 20.2. The third-order valence-electron chi connectivity index (χ3n) is 4.63. The molecule has 0 aliphatic rings. The van der Waals surface area contributed by atoms with Gasteiger partial charge in [0, 0.05) is 36.0 Å². The van der Waals surface area contributed by atoms with Crippen molar-refractivity contribution >= 4 is 22.1 Å². The van der Waals surface area contributed by atoms with Crippen LogP contribution in [0.1, 0.15) is 36.7 Å². The van der Waals surface area contributed by atoms with Gasteiger partial charge in [-0.1, -0.05) is 42.4 Å². The molecule has 29 heavy (non-hydrogen) atoms. The van der Waals surface area contributed by atoms with Gasteiger partial charge in [0.05, 0.1) is 10.3 Å². The number of aryl methyl sites for hydroxylation is 1. The van der Waals surface area contributed by atoms with Gasteiger partial charge in [0.15, 0.2) is 5.82 Å². The maximum absolute atomic E-state index is 11.4. The number of pyridine rings is 1. The van der Waals surface area contributed by atoms with Crippen LogP contribution in [0.25, 0.3) is 10.8 Å². The zero-order valence-electron chi connectivity index (χ0n) is 15.8. The fourth-order valence-corrected chi connectivity index (χ4v) is 3.26. The van der Waals surface area contributed by atoms with E-state index in [1.54, 1.807) is 18.3 Å². The highest BCUT2D eigenvalue weighted by Gasteiger charge is 2.22. The van der Waals surface area contributed by atoms with Gasteiger partial charge in [-0.3, -0.25) is 15.1 Å². The quantitative estimate of drug-likeness (QED) is 0.361. The molecule has 0 saturated carbocycles. The first-order chi connectivity index (χ1) is 14.2. The summed E-state index contributed by atoms with van der Waals surface area (Å²) in [6.45, 7) is 2.05. The van der Waals surface area contributed by atoms with Crippen LogP contribution < -0.4 is 5.32 Å². The molecule has 1 unspecified atom stereocenters. The number of fused-ring (bicyclic) bond motifs is 1. The number of anilines is 1. The molecule has 0 amide bonds. The molecule has 4 aromatic rings. The Morgan fingerprint density at radius 1 is 1.14 bits per heavy atom. The lowest BCUT2D eigenvalue weighted by Gasteiger charge is -2.18. The second-order valence-electron chi connectivity index (χ2n) is 6.59. The number of nitrogens with one attached hydrogen (secondary N) is 1. The molecule has 1 atom stereocenters. The van der Waals surface area contributed by atoms with E-state index in [0.29, 0.717) is 28.9 Å². The van der Waals surface area contributed by atoms with Crippen LogP contribution in [0.3, 0.4) is 0 Å². The predicted molar refractivity (Wildman–Crippen MR) is 109 cm³/mol. The van der Waals surface area contributed by atoms with Crippen LogP contribution in [0.4, 0.5) is 11.4 Å². The maximum Gasteiger partial charge on any atom is 0.278 e. The number of hydrogen-bond acceptors (Lipinski definition) is 7. The number of rotatable bonds is 7. The van der Waals surface area contributed by atoms with Crippen molar-refractivity contribution in [1.82, 2.24) is 15.1 Å². The van der Waals surface area contributed by atoms with E-state index in [9.17, 15) is 10.1 Å². The summed E-state index contributed by atoms with van der Waals surface area (Å²) in [6.07, 6.45) is 4.73. The average molecular weight is 389 g/mol. The van der Waals surface area contributed by atoms with Crippen molar-refractivity contribution < 1.29 is 9.45 Å². The summed E-state index contributed by atoms with van der Waals surface area (Å²) in [5, 5.41) is 20.2. The topological polar surface area (TPSA) is 107 Å². The van der Waals surface area contributed by atoms with Gasteiger partial charge in [0.2, 0.25) is 5.89 Å². The number of nitro groups is 1. The predicted octanol–water partition coefficient (Wildman–Crippen LogP) is 4.68. The molecular formula is C21H19N5O3. The molecule has 0 bridgehead atoms. The van der Waals surface area contributed by atoms with Crippen molar-refractivity contribution in [1.29, 1.82) is 0 Å². The van der Waals surface area contributed by atoms with E-state index in [4.69, 9.17) is 4.52 Å². The first-order valence-corrected chi connectivity index (χ1v) is 9.32. The maximum atomic E-state index is 11.4. The monoisotopic (exact) mass is 389 g/mol. The highest BCUT2D eigenvalue weighted by atomic mass is 16.6. The lowest BCUT2D eigenvalue weighted by molar-refractivity contribution is -0.383. The standard InChI is InChI=1S/C21H19N5O3/c1-2-6-19-24-21(25-29-19)20(14-7-4-3-5-8-14)23-17-9-10-18(26(27)28)16-13-22-12-11-15(16)17/h3-5,7-13,20,23H,2,6H2,1H3. The van der Waals surface area contributed by atoms with Crippen LogP contribution in [0, 0.1) is 10.1 Å². The Kier molecular flexibility index (Phi) is 5.15. The van der Waals surface area contributed by atoms with Crippen molar-refractivity contribution in [3.63, 3.8) is 0 Å². The van der Waals surface area contributed by atoms with E-state index >= 15 is 0 Å². The minimum absolute atomic E-state index is 0.0136. The Hall–Kier alpha value is -3.81. The van der Waals surface area contributed by atoms with Crippen molar-refractivity contribution in [2.45, 2.75) is 25.8 Å². The Bertz CT molecular complexity index is 1140. The fourth-order valence-electron chi connectivity index (χ4n) is 3.26. The molecule has 0 aliphatic carbocycles. The van der Waals surface area contributed by atoms with Gasteiger partial charge in [-0.25, -0.2) is 0 Å². The minimum Gasteiger partial charge on any atom is -0.371 e. The molecule has 0 aliphatic heterocycles. The van der Waals surface area contributed by atoms with Gasteiger partial charge in [0.1, 0.15) is 6.04 Å². The zero-order valence-corrected chi connectivity index (χ0v) is 15.8. The fraction of sp³-hybridized carbons (Fsp3) is 0.190. The third-order valence-corrected chi connectivity index (χ3v) is 4.63. The number of nitro benzene ring substituents is 1. The van der Waals surface area contributed by atoms with Crippen LogP contribution in [-0.2, 0) is 6.42 Å². The molecule has 2 aromatic carbocycles. The molecule has 8 nitrogen and oxygen atoms in total. The molecule has 146 valence electrons. The van der Waals surface area contributed by atoms with Crippen molar-refractivity contribution in [3.8, 4) is 0 Å². The lowest BCUT2D eigenvalue weighted by atomic mass is 10.0. The Labute approximate surface area is 166 Å². The number of benzene rings is 2. The molecule has 2 heterocycles. The third kappa shape index (κ3) is 3.77. The molecular weight excluding hydrogens is 370 g/mol. The van der Waals surface area contributed by atoms with Gasteiger partial charge in [0.25, 0.3) is 5.69 Å². The number of nitrogens with zero attached hydrogens (tertiary/aromatic N) is 4. The van der Waals surface area contributed by atoms with Crippen molar-refractivity contribution in [3.05, 3.63) is 88.3 Å². The van der Waals surface area contributed by atoms with Crippen molar-refractivity contribution in [2.75, 3.05) is 5.32 Å². The second-order valence-corrected chi connectivity index (χ2v) is 6.59. The van der Waals surface area contributed by atoms with Crippen molar-refractivity contribution in [2.24, 2.45) is 0 Å². The molecule has 1 N–H and O–H groups in total. The van der Waals surface area contributed by atoms with E-state index < -0.39 is 4.92 Å². The minimum atomic E-state index is -0.404. The van der Waals surface area contributed by atoms with E-state index in [1.165, 1.54) is 12.3 Å². The summed E-state index contributed by atoms with van der Waals surface area (Å²) in [4.78, 5) is 19.6. The molecule has 8 heteroatoms. The Morgan fingerprint density at radius 3 is 2.72 bits per heavy atom. The highest BCUT2D eigenvalue weighted by Crippen LogP contribution is 2.34. The van der Waals surface area contributed by atoms with Crippen LogP contribution in [0.15, 0.2) is 65.4 Å². The molecule has 2 aromatic heterocycles. The molecule has 4 rings (SSSR count). The van der Waals surface area contributed by atoms with E-state index in [0.717, 1.165) is 17.7 Å². The van der Waals surface area contributed by atoms with E-state index in [2.05, 4.69) is 20.4 Å². The average Bonchev–Trinajstić information content (AvgIpc) is 3.21. The van der Waals surface area contributed by atoms with Crippen LogP contribution >= 0.6 is 0 Å². The Morgan fingerprint density at radius 2 is 1.97 bits per heavy atom. The molecule has 0 saturated heterocycles. The summed E-state index contributed by atoms with van der Waals surface area (Å²) in [6, 6.07) is 14.3.